The molecular formula is C29H31N3O5S2. The molecule has 1 aliphatic heterocycles. The number of nitrogens with zero attached hydrogens (tertiary/aromatic N) is 1. The van der Waals surface area contributed by atoms with E-state index in [1.54, 1.807) is 34.0 Å². The van der Waals surface area contributed by atoms with Crippen LogP contribution in [0.5, 0.6) is 0 Å². The molecule has 0 spiro atoms. The number of aromatic nitrogens is 1. The Bertz CT molecular complexity index is 1430. The topological polar surface area (TPSA) is 107 Å². The number of esters is 2. The summed E-state index contributed by atoms with van der Waals surface area (Å²) in [6.07, 6.45) is 1.65. The van der Waals surface area contributed by atoms with Crippen molar-refractivity contribution in [2.24, 2.45) is 0 Å². The average Bonchev–Trinajstić information content (AvgIpc) is 3.37. The van der Waals surface area contributed by atoms with Crippen LogP contribution in [0.3, 0.4) is 0 Å². The molecule has 10 heteroatoms. The minimum absolute atomic E-state index is 0.205. The van der Waals surface area contributed by atoms with Crippen molar-refractivity contribution < 1.29 is 23.3 Å². The van der Waals surface area contributed by atoms with Gasteiger partial charge in [0.15, 0.2) is 5.13 Å². The third-order valence-corrected chi connectivity index (χ3v) is 7.94. The van der Waals surface area contributed by atoms with E-state index in [0.29, 0.717) is 33.4 Å². The molecule has 0 radical (unpaired) electrons. The van der Waals surface area contributed by atoms with Crippen molar-refractivity contribution in [2.45, 2.75) is 38.5 Å². The molecule has 0 fully saturated rings. The summed E-state index contributed by atoms with van der Waals surface area (Å²) in [6.45, 7) is 7.50. The lowest BCUT2D eigenvalue weighted by Crippen LogP contribution is -2.32. The number of allylic oxidation sites excluding steroid dienone is 2. The summed E-state index contributed by atoms with van der Waals surface area (Å²) in [7, 11) is -1.05. The summed E-state index contributed by atoms with van der Waals surface area (Å²) in [5.41, 5.74) is 5.05. The zero-order chi connectivity index (χ0) is 28.1. The van der Waals surface area contributed by atoms with Crippen LogP contribution in [-0.2, 0) is 29.9 Å². The van der Waals surface area contributed by atoms with Gasteiger partial charge >= 0.3 is 11.9 Å². The standard InChI is InChI=1S/C29H31N3O5S2/c1-6-36-27(33)24-17(3)30-18(4)25(28(34)37-7-2)26(24)21-10-8-9-11-22(21)31-29-32-23(16-38-29)19-12-14-20(15-13-19)39(5)35/h8-16,26,30H,6-7H2,1-5H3,(H,31,32). The fourth-order valence-electron chi connectivity index (χ4n) is 4.52. The number of benzene rings is 2. The van der Waals surface area contributed by atoms with Gasteiger partial charge in [0.05, 0.1) is 36.0 Å². The third kappa shape index (κ3) is 6.12. The molecule has 204 valence electrons. The second-order valence-corrected chi connectivity index (χ2v) is 11.0. The number of thiazole rings is 1. The zero-order valence-electron chi connectivity index (χ0n) is 22.5. The average molecular weight is 566 g/mol. The molecule has 3 aromatic rings. The van der Waals surface area contributed by atoms with Gasteiger partial charge in [-0.2, -0.15) is 0 Å². The normalized spacial score (nSPS) is 14.6. The van der Waals surface area contributed by atoms with Crippen LogP contribution in [0.2, 0.25) is 0 Å². The highest BCUT2D eigenvalue weighted by Gasteiger charge is 2.39. The van der Waals surface area contributed by atoms with Crippen molar-refractivity contribution in [1.82, 2.24) is 10.3 Å². The van der Waals surface area contributed by atoms with Crippen LogP contribution in [-0.4, -0.2) is 40.6 Å². The van der Waals surface area contributed by atoms with E-state index in [0.717, 1.165) is 21.7 Å². The van der Waals surface area contributed by atoms with Gasteiger partial charge in [-0.05, 0) is 51.5 Å². The first-order valence-electron chi connectivity index (χ1n) is 12.5. The van der Waals surface area contributed by atoms with E-state index in [1.807, 2.05) is 53.9 Å². The van der Waals surface area contributed by atoms with E-state index in [9.17, 15) is 13.8 Å². The molecule has 0 saturated carbocycles. The number of hydrogen-bond donors (Lipinski definition) is 2. The van der Waals surface area contributed by atoms with Gasteiger partial charge in [0, 0.05) is 50.0 Å². The lowest BCUT2D eigenvalue weighted by Gasteiger charge is -2.31. The van der Waals surface area contributed by atoms with E-state index in [4.69, 9.17) is 14.5 Å². The molecule has 2 N–H and O–H groups in total. The Morgan fingerprint density at radius 1 is 0.974 bits per heavy atom. The van der Waals surface area contributed by atoms with Gasteiger partial charge in [0.2, 0.25) is 0 Å². The fourth-order valence-corrected chi connectivity index (χ4v) is 5.77. The molecule has 1 aromatic heterocycles. The molecular weight excluding hydrogens is 534 g/mol. The molecule has 4 rings (SSSR count). The Hall–Kier alpha value is -3.76. The van der Waals surface area contributed by atoms with Crippen LogP contribution in [0, 0.1) is 0 Å². The third-order valence-electron chi connectivity index (χ3n) is 6.25. The molecule has 0 bridgehead atoms. The minimum atomic E-state index is -1.05. The first-order chi connectivity index (χ1) is 18.7. The lowest BCUT2D eigenvalue weighted by atomic mass is 9.79. The van der Waals surface area contributed by atoms with Crippen molar-refractivity contribution >= 4 is 44.9 Å². The van der Waals surface area contributed by atoms with E-state index in [2.05, 4.69) is 10.6 Å². The maximum atomic E-state index is 13.2. The first kappa shape index (κ1) is 28.3. The van der Waals surface area contributed by atoms with Crippen molar-refractivity contribution in [1.29, 1.82) is 0 Å². The Kier molecular flexibility index (Phi) is 8.98. The van der Waals surface area contributed by atoms with Gasteiger partial charge in [-0.15, -0.1) is 11.3 Å². The summed E-state index contributed by atoms with van der Waals surface area (Å²) in [4.78, 5) is 31.9. The number of ether oxygens (including phenoxy) is 2. The summed E-state index contributed by atoms with van der Waals surface area (Å²) < 4.78 is 22.5. The summed E-state index contributed by atoms with van der Waals surface area (Å²) in [6, 6.07) is 15.0. The highest BCUT2D eigenvalue weighted by Crippen LogP contribution is 2.43. The van der Waals surface area contributed by atoms with Gasteiger partial charge in [-0.3, -0.25) is 4.21 Å². The Morgan fingerprint density at radius 3 is 2.13 bits per heavy atom. The summed E-state index contributed by atoms with van der Waals surface area (Å²) in [5, 5.41) is 9.14. The summed E-state index contributed by atoms with van der Waals surface area (Å²) >= 11 is 1.43. The molecule has 0 amide bonds. The number of dihydropyridines is 1. The van der Waals surface area contributed by atoms with Crippen LogP contribution < -0.4 is 10.6 Å². The van der Waals surface area contributed by atoms with Crippen LogP contribution in [0.1, 0.15) is 39.2 Å². The van der Waals surface area contributed by atoms with E-state index >= 15 is 0 Å². The van der Waals surface area contributed by atoms with E-state index < -0.39 is 28.7 Å². The molecule has 39 heavy (non-hydrogen) atoms. The monoisotopic (exact) mass is 565 g/mol. The number of hydrogen-bond acceptors (Lipinski definition) is 9. The number of anilines is 2. The maximum Gasteiger partial charge on any atom is 0.336 e. The first-order valence-corrected chi connectivity index (χ1v) is 15.0. The Morgan fingerprint density at radius 2 is 1.56 bits per heavy atom. The zero-order valence-corrected chi connectivity index (χ0v) is 24.1. The quantitative estimate of drug-likeness (QED) is 0.321. The number of para-hydroxylation sites is 1. The molecule has 0 saturated heterocycles. The molecule has 1 atom stereocenters. The smallest absolute Gasteiger partial charge is 0.336 e. The Labute approximate surface area is 234 Å². The van der Waals surface area contributed by atoms with Gasteiger partial charge < -0.3 is 20.1 Å². The molecule has 2 heterocycles. The Balaban J connectivity index is 1.74. The number of nitrogens with one attached hydrogen (secondary N) is 2. The van der Waals surface area contributed by atoms with Crippen molar-refractivity contribution in [3.05, 3.63) is 82.0 Å². The number of carbonyl (C=O) groups excluding carboxylic acids is 2. The number of rotatable bonds is 9. The van der Waals surface area contributed by atoms with Gasteiger partial charge in [0.25, 0.3) is 0 Å². The predicted octanol–water partition coefficient (Wildman–Crippen LogP) is 5.65. The van der Waals surface area contributed by atoms with Crippen molar-refractivity contribution in [3.8, 4) is 11.3 Å². The fraction of sp³-hybridized carbons (Fsp3) is 0.276. The largest absolute Gasteiger partial charge is 0.463 e. The van der Waals surface area contributed by atoms with Crippen molar-refractivity contribution in [2.75, 3.05) is 24.8 Å². The van der Waals surface area contributed by atoms with Crippen LogP contribution in [0.4, 0.5) is 10.8 Å². The SMILES string of the molecule is CCOC(=O)C1=C(C)NC(C)=C(C(=O)OCC)C1c1ccccc1Nc1nc(-c2ccc(S(C)=O)cc2)cs1. The van der Waals surface area contributed by atoms with Crippen LogP contribution in [0.15, 0.2) is 81.3 Å². The second kappa shape index (κ2) is 12.4. The van der Waals surface area contributed by atoms with E-state index in [-0.39, 0.29) is 13.2 Å². The van der Waals surface area contributed by atoms with E-state index in [1.165, 1.54) is 11.3 Å². The predicted molar refractivity (Wildman–Crippen MR) is 154 cm³/mol. The minimum Gasteiger partial charge on any atom is -0.463 e. The molecule has 0 aliphatic carbocycles. The molecule has 2 aromatic carbocycles. The lowest BCUT2D eigenvalue weighted by molar-refractivity contribution is -0.139. The van der Waals surface area contributed by atoms with Crippen LogP contribution >= 0.6 is 11.3 Å². The maximum absolute atomic E-state index is 13.2. The van der Waals surface area contributed by atoms with Gasteiger partial charge in [0.1, 0.15) is 0 Å². The van der Waals surface area contributed by atoms with Crippen molar-refractivity contribution in [3.63, 3.8) is 0 Å². The molecule has 1 aliphatic rings. The number of carbonyl (C=O) groups is 2. The highest BCUT2D eigenvalue weighted by molar-refractivity contribution is 7.84. The van der Waals surface area contributed by atoms with Gasteiger partial charge in [-0.25, -0.2) is 14.6 Å². The molecule has 1 unspecified atom stereocenters. The highest BCUT2D eigenvalue weighted by atomic mass is 32.2. The second-order valence-electron chi connectivity index (χ2n) is 8.80. The summed E-state index contributed by atoms with van der Waals surface area (Å²) in [5.74, 6) is -1.70. The van der Waals surface area contributed by atoms with Gasteiger partial charge in [-0.1, -0.05) is 30.3 Å². The molecule has 8 nitrogen and oxygen atoms in total. The van der Waals surface area contributed by atoms with Crippen LogP contribution in [0.25, 0.3) is 11.3 Å².